The fourth-order valence-electron chi connectivity index (χ4n) is 2.20. The van der Waals surface area contributed by atoms with Crippen molar-refractivity contribution in [2.24, 2.45) is 7.05 Å². The molecule has 5 nitrogen and oxygen atoms in total. The standard InChI is InChI=1S/C12H20N4O/c1-10-11(9-15(2)14-10)13-8-12(17)16-6-4-3-5-7-16/h9,13H,3-8H2,1-2H3. The van der Waals surface area contributed by atoms with Gasteiger partial charge < -0.3 is 10.2 Å². The summed E-state index contributed by atoms with van der Waals surface area (Å²) in [4.78, 5) is 13.9. The van der Waals surface area contributed by atoms with Gasteiger partial charge in [-0.05, 0) is 26.2 Å². The number of likely N-dealkylation sites (tertiary alicyclic amines) is 1. The third-order valence-electron chi connectivity index (χ3n) is 3.15. The molecule has 1 aliphatic heterocycles. The Morgan fingerprint density at radius 2 is 2.12 bits per heavy atom. The molecule has 0 spiro atoms. The Morgan fingerprint density at radius 1 is 1.41 bits per heavy atom. The largest absolute Gasteiger partial charge is 0.373 e. The first kappa shape index (κ1) is 12.0. The summed E-state index contributed by atoms with van der Waals surface area (Å²) in [5, 5.41) is 7.39. The minimum Gasteiger partial charge on any atom is -0.373 e. The smallest absolute Gasteiger partial charge is 0.241 e. The molecule has 0 atom stereocenters. The van der Waals surface area contributed by atoms with E-state index in [0.717, 1.165) is 37.3 Å². The molecule has 5 heteroatoms. The topological polar surface area (TPSA) is 50.2 Å². The number of rotatable bonds is 3. The van der Waals surface area contributed by atoms with Crippen molar-refractivity contribution in [3.8, 4) is 0 Å². The van der Waals surface area contributed by atoms with Gasteiger partial charge in [0.15, 0.2) is 0 Å². The number of hydrogen-bond donors (Lipinski definition) is 1. The minimum atomic E-state index is 0.188. The Morgan fingerprint density at radius 3 is 2.71 bits per heavy atom. The van der Waals surface area contributed by atoms with Gasteiger partial charge in [0.1, 0.15) is 0 Å². The number of aromatic nitrogens is 2. The van der Waals surface area contributed by atoms with Crippen molar-refractivity contribution >= 4 is 11.6 Å². The Balaban J connectivity index is 1.85. The summed E-state index contributed by atoms with van der Waals surface area (Å²) in [5.74, 6) is 0.188. The molecular formula is C12H20N4O. The van der Waals surface area contributed by atoms with Crippen LogP contribution >= 0.6 is 0 Å². The molecule has 1 aromatic rings. The quantitative estimate of drug-likeness (QED) is 0.856. The van der Waals surface area contributed by atoms with Gasteiger partial charge in [0, 0.05) is 26.3 Å². The van der Waals surface area contributed by atoms with Gasteiger partial charge in [0.05, 0.1) is 17.9 Å². The summed E-state index contributed by atoms with van der Waals surface area (Å²) < 4.78 is 1.75. The van der Waals surface area contributed by atoms with Crippen LogP contribution in [0.3, 0.4) is 0 Å². The molecular weight excluding hydrogens is 216 g/mol. The molecule has 1 fully saturated rings. The lowest BCUT2D eigenvalue weighted by atomic mass is 10.1. The van der Waals surface area contributed by atoms with Crippen molar-refractivity contribution in [2.45, 2.75) is 26.2 Å². The van der Waals surface area contributed by atoms with E-state index in [9.17, 15) is 4.79 Å². The first-order valence-electron chi connectivity index (χ1n) is 6.18. The van der Waals surface area contributed by atoms with Gasteiger partial charge in [-0.2, -0.15) is 5.10 Å². The fraction of sp³-hybridized carbons (Fsp3) is 0.667. The Hall–Kier alpha value is -1.52. The van der Waals surface area contributed by atoms with Gasteiger partial charge in [0.2, 0.25) is 5.91 Å². The van der Waals surface area contributed by atoms with E-state index in [-0.39, 0.29) is 5.91 Å². The normalized spacial score (nSPS) is 16.0. The van der Waals surface area contributed by atoms with Crippen LogP contribution in [-0.2, 0) is 11.8 Å². The molecule has 1 amide bonds. The summed E-state index contributed by atoms with van der Waals surface area (Å²) in [6.07, 6.45) is 5.42. The van der Waals surface area contributed by atoms with Crippen LogP contribution in [0.2, 0.25) is 0 Å². The van der Waals surface area contributed by atoms with Crippen LogP contribution in [0.5, 0.6) is 0 Å². The number of anilines is 1. The molecule has 0 aliphatic carbocycles. The average Bonchev–Trinajstić information content (AvgIpc) is 2.66. The maximum absolute atomic E-state index is 11.9. The fourth-order valence-corrected chi connectivity index (χ4v) is 2.20. The van der Waals surface area contributed by atoms with Gasteiger partial charge in [-0.15, -0.1) is 0 Å². The molecule has 1 saturated heterocycles. The van der Waals surface area contributed by atoms with E-state index in [1.807, 2.05) is 25.1 Å². The zero-order chi connectivity index (χ0) is 12.3. The summed E-state index contributed by atoms with van der Waals surface area (Å²) in [7, 11) is 1.88. The molecule has 0 bridgehead atoms. The average molecular weight is 236 g/mol. The van der Waals surface area contributed by atoms with Gasteiger partial charge in [-0.1, -0.05) is 0 Å². The highest BCUT2D eigenvalue weighted by molar-refractivity contribution is 5.81. The lowest BCUT2D eigenvalue weighted by Gasteiger charge is -2.26. The SMILES string of the molecule is Cc1nn(C)cc1NCC(=O)N1CCCCC1. The number of hydrogen-bond acceptors (Lipinski definition) is 3. The van der Waals surface area contributed by atoms with E-state index in [4.69, 9.17) is 0 Å². The van der Waals surface area contributed by atoms with Crippen molar-refractivity contribution in [1.29, 1.82) is 0 Å². The van der Waals surface area contributed by atoms with Crippen molar-refractivity contribution in [1.82, 2.24) is 14.7 Å². The van der Waals surface area contributed by atoms with Gasteiger partial charge >= 0.3 is 0 Å². The number of piperidine rings is 1. The van der Waals surface area contributed by atoms with Crippen LogP contribution in [0.25, 0.3) is 0 Å². The molecule has 94 valence electrons. The third kappa shape index (κ3) is 2.99. The van der Waals surface area contributed by atoms with Crippen LogP contribution in [0.15, 0.2) is 6.20 Å². The highest BCUT2D eigenvalue weighted by Crippen LogP contribution is 2.12. The molecule has 0 unspecified atom stereocenters. The van der Waals surface area contributed by atoms with Crippen LogP contribution in [0, 0.1) is 6.92 Å². The van der Waals surface area contributed by atoms with E-state index in [1.165, 1.54) is 6.42 Å². The van der Waals surface area contributed by atoms with Crippen molar-refractivity contribution in [3.63, 3.8) is 0 Å². The Kier molecular flexibility index (Phi) is 3.66. The van der Waals surface area contributed by atoms with Crippen LogP contribution in [0.1, 0.15) is 25.0 Å². The third-order valence-corrected chi connectivity index (χ3v) is 3.15. The zero-order valence-corrected chi connectivity index (χ0v) is 10.6. The maximum Gasteiger partial charge on any atom is 0.241 e. The van der Waals surface area contributed by atoms with E-state index < -0.39 is 0 Å². The van der Waals surface area contributed by atoms with Gasteiger partial charge in [0.25, 0.3) is 0 Å². The number of aryl methyl sites for hydroxylation is 2. The molecule has 0 radical (unpaired) electrons. The highest BCUT2D eigenvalue weighted by Gasteiger charge is 2.16. The summed E-state index contributed by atoms with van der Waals surface area (Å²) in [5.41, 5.74) is 1.87. The molecule has 1 aromatic heterocycles. The first-order chi connectivity index (χ1) is 8.16. The van der Waals surface area contributed by atoms with Crippen molar-refractivity contribution in [3.05, 3.63) is 11.9 Å². The highest BCUT2D eigenvalue weighted by atomic mass is 16.2. The lowest BCUT2D eigenvalue weighted by molar-refractivity contribution is -0.130. The van der Waals surface area contributed by atoms with Crippen LogP contribution < -0.4 is 5.32 Å². The number of amides is 1. The molecule has 17 heavy (non-hydrogen) atoms. The minimum absolute atomic E-state index is 0.188. The summed E-state index contributed by atoms with van der Waals surface area (Å²) in [6, 6.07) is 0. The second-order valence-corrected chi connectivity index (χ2v) is 4.60. The second kappa shape index (κ2) is 5.21. The summed E-state index contributed by atoms with van der Waals surface area (Å²) in [6.45, 7) is 4.12. The summed E-state index contributed by atoms with van der Waals surface area (Å²) >= 11 is 0. The number of carbonyl (C=O) groups excluding carboxylic acids is 1. The van der Waals surface area contributed by atoms with E-state index in [2.05, 4.69) is 10.4 Å². The number of carbonyl (C=O) groups is 1. The van der Waals surface area contributed by atoms with E-state index in [0.29, 0.717) is 6.54 Å². The van der Waals surface area contributed by atoms with Crippen LogP contribution in [-0.4, -0.2) is 40.2 Å². The van der Waals surface area contributed by atoms with Crippen molar-refractivity contribution < 1.29 is 4.79 Å². The maximum atomic E-state index is 11.9. The number of nitrogens with zero attached hydrogens (tertiary/aromatic N) is 3. The second-order valence-electron chi connectivity index (χ2n) is 4.60. The van der Waals surface area contributed by atoms with E-state index >= 15 is 0 Å². The van der Waals surface area contributed by atoms with Crippen LogP contribution in [0.4, 0.5) is 5.69 Å². The predicted molar refractivity (Wildman–Crippen MR) is 66.9 cm³/mol. The lowest BCUT2D eigenvalue weighted by Crippen LogP contribution is -2.39. The number of nitrogens with one attached hydrogen (secondary N) is 1. The molecule has 1 aliphatic rings. The zero-order valence-electron chi connectivity index (χ0n) is 10.6. The van der Waals surface area contributed by atoms with Gasteiger partial charge in [-0.3, -0.25) is 9.48 Å². The molecule has 1 N–H and O–H groups in total. The first-order valence-corrected chi connectivity index (χ1v) is 6.18. The van der Waals surface area contributed by atoms with Gasteiger partial charge in [-0.25, -0.2) is 0 Å². The monoisotopic (exact) mass is 236 g/mol. The molecule has 2 rings (SSSR count). The Bertz CT molecular complexity index is 393. The molecule has 0 saturated carbocycles. The molecule has 2 heterocycles. The predicted octanol–water partition coefficient (Wildman–Crippen LogP) is 1.15. The van der Waals surface area contributed by atoms with E-state index in [1.54, 1.807) is 4.68 Å². The molecule has 0 aromatic carbocycles. The Labute approximate surface area is 102 Å². The van der Waals surface area contributed by atoms with Crippen molar-refractivity contribution in [2.75, 3.05) is 25.0 Å².